The molecule has 3 aromatic carbocycles. The number of aryl methyl sites for hydroxylation is 1. The number of allylic oxidation sites excluding steroid dienone is 1. The van der Waals surface area contributed by atoms with Gasteiger partial charge in [-0.1, -0.05) is 35.9 Å². The van der Waals surface area contributed by atoms with Gasteiger partial charge >= 0.3 is 0 Å². The Morgan fingerprint density at radius 1 is 0.935 bits per heavy atom. The number of aromatic nitrogens is 1. The molecule has 1 aliphatic rings. The van der Waals surface area contributed by atoms with E-state index in [1.165, 1.54) is 44.3 Å². The maximum atomic E-state index is 6.29. The molecule has 0 N–H and O–H groups in total. The number of hydrogen-bond acceptors (Lipinski definition) is 0. The second-order valence-electron chi connectivity index (χ2n) is 8.60. The Morgan fingerprint density at radius 2 is 1.68 bits per heavy atom. The van der Waals surface area contributed by atoms with Crippen molar-refractivity contribution in [2.45, 2.75) is 32.7 Å². The van der Waals surface area contributed by atoms with E-state index in [-0.39, 0.29) is 17.8 Å². The zero-order valence-electron chi connectivity index (χ0n) is 18.3. The molecule has 0 amide bonds. The first-order chi connectivity index (χ1) is 14.4. The minimum Gasteiger partial charge on any atom is -1.00 e. The third-order valence-electron chi connectivity index (χ3n) is 6.54. The van der Waals surface area contributed by atoms with Crippen LogP contribution in [-0.4, -0.2) is 21.9 Å². The highest BCUT2D eigenvalue weighted by Gasteiger charge is 2.42. The number of rotatable bonds is 3. The number of benzene rings is 3. The monoisotopic (exact) mass is 448 g/mol. The van der Waals surface area contributed by atoms with Crippen molar-refractivity contribution in [3.8, 4) is 0 Å². The van der Waals surface area contributed by atoms with Gasteiger partial charge in [0.15, 0.2) is 5.71 Å². The summed E-state index contributed by atoms with van der Waals surface area (Å²) in [5.74, 6) is 0. The molecule has 2 heterocycles. The number of halogens is 2. The topological polar surface area (TPSA) is 7.94 Å². The summed E-state index contributed by atoms with van der Waals surface area (Å²) >= 11 is 6.29. The Labute approximate surface area is 194 Å². The van der Waals surface area contributed by atoms with Gasteiger partial charge in [-0.05, 0) is 62.7 Å². The number of fused-ring (bicyclic) bond motifs is 4. The zero-order chi connectivity index (χ0) is 21.0. The number of hydrogen-bond donors (Lipinski definition) is 0. The van der Waals surface area contributed by atoms with Crippen LogP contribution in [0.1, 0.15) is 31.9 Å². The summed E-state index contributed by atoms with van der Waals surface area (Å²) in [5.41, 5.74) is 7.50. The summed E-state index contributed by atoms with van der Waals surface area (Å²) in [6.07, 6.45) is 4.49. The number of para-hydroxylation sites is 1. The van der Waals surface area contributed by atoms with E-state index in [0.29, 0.717) is 0 Å². The van der Waals surface area contributed by atoms with Gasteiger partial charge in [-0.25, -0.2) is 0 Å². The van der Waals surface area contributed by atoms with Crippen molar-refractivity contribution in [1.82, 2.24) is 4.57 Å². The molecule has 0 saturated heterocycles. The first kappa shape index (κ1) is 21.7. The molecule has 0 saturated carbocycles. The average molecular weight is 449 g/mol. The SMILES string of the molecule is CCn1c2ccccc2c2cc(/C=C/C3=[N+](C)c4ccc(Cl)cc4C3(C)C)ccc21.[Cl-]. The van der Waals surface area contributed by atoms with E-state index in [0.717, 1.165) is 11.6 Å². The van der Waals surface area contributed by atoms with Gasteiger partial charge in [-0.2, -0.15) is 4.58 Å². The summed E-state index contributed by atoms with van der Waals surface area (Å²) in [4.78, 5) is 0. The Kier molecular flexibility index (Phi) is 5.49. The van der Waals surface area contributed by atoms with Gasteiger partial charge in [0.2, 0.25) is 5.69 Å². The maximum Gasteiger partial charge on any atom is 0.209 e. The van der Waals surface area contributed by atoms with Crippen LogP contribution < -0.4 is 12.4 Å². The average Bonchev–Trinajstić information content (AvgIpc) is 3.15. The first-order valence-corrected chi connectivity index (χ1v) is 10.9. The Bertz CT molecular complexity index is 1370. The Balaban J connectivity index is 0.00000231. The van der Waals surface area contributed by atoms with Crippen molar-refractivity contribution in [2.24, 2.45) is 0 Å². The summed E-state index contributed by atoms with van der Waals surface area (Å²) in [7, 11) is 2.14. The van der Waals surface area contributed by atoms with Crippen molar-refractivity contribution in [3.63, 3.8) is 0 Å². The summed E-state index contributed by atoms with van der Waals surface area (Å²) in [5, 5.41) is 3.42. The quantitative estimate of drug-likeness (QED) is 0.415. The molecule has 0 bridgehead atoms. The van der Waals surface area contributed by atoms with Crippen LogP contribution in [-0.2, 0) is 12.0 Å². The molecule has 158 valence electrons. The lowest BCUT2D eigenvalue weighted by atomic mass is 9.81. The molecule has 1 aromatic heterocycles. The molecule has 0 aliphatic carbocycles. The van der Waals surface area contributed by atoms with E-state index in [1.807, 2.05) is 6.07 Å². The molecule has 0 radical (unpaired) electrons. The Morgan fingerprint density at radius 3 is 2.45 bits per heavy atom. The van der Waals surface area contributed by atoms with Crippen molar-refractivity contribution in [3.05, 3.63) is 82.9 Å². The van der Waals surface area contributed by atoms with Crippen LogP contribution in [0.25, 0.3) is 27.9 Å². The van der Waals surface area contributed by atoms with Gasteiger partial charge in [0, 0.05) is 51.1 Å². The predicted octanol–water partition coefficient (Wildman–Crippen LogP) is 4.19. The van der Waals surface area contributed by atoms with E-state index in [1.54, 1.807) is 0 Å². The van der Waals surface area contributed by atoms with Gasteiger partial charge in [0.25, 0.3) is 0 Å². The molecule has 0 atom stereocenters. The molecule has 2 nitrogen and oxygen atoms in total. The number of nitrogens with zero attached hydrogens (tertiary/aromatic N) is 2. The molecule has 31 heavy (non-hydrogen) atoms. The van der Waals surface area contributed by atoms with Crippen LogP contribution in [0.2, 0.25) is 5.02 Å². The van der Waals surface area contributed by atoms with Crippen LogP contribution in [0.3, 0.4) is 0 Å². The summed E-state index contributed by atoms with van der Waals surface area (Å²) < 4.78 is 4.67. The smallest absolute Gasteiger partial charge is 0.209 e. The van der Waals surface area contributed by atoms with E-state index >= 15 is 0 Å². The normalized spacial score (nSPS) is 15.1. The molecule has 0 fully saturated rings. The molecule has 0 spiro atoms. The minimum absolute atomic E-state index is 0. The largest absolute Gasteiger partial charge is 1.00 e. The van der Waals surface area contributed by atoms with Crippen LogP contribution in [0, 0.1) is 0 Å². The highest BCUT2D eigenvalue weighted by Crippen LogP contribution is 2.40. The molecular weight excluding hydrogens is 423 g/mol. The summed E-state index contributed by atoms with van der Waals surface area (Å²) in [6, 6.07) is 21.6. The van der Waals surface area contributed by atoms with E-state index in [9.17, 15) is 0 Å². The van der Waals surface area contributed by atoms with Gasteiger partial charge in [-0.3, -0.25) is 0 Å². The van der Waals surface area contributed by atoms with E-state index in [4.69, 9.17) is 11.6 Å². The Hall–Kier alpha value is -2.55. The molecule has 4 heteroatoms. The van der Waals surface area contributed by atoms with Gasteiger partial charge < -0.3 is 17.0 Å². The van der Waals surface area contributed by atoms with Crippen LogP contribution in [0.4, 0.5) is 5.69 Å². The lowest BCUT2D eigenvalue weighted by Gasteiger charge is -2.15. The molecule has 5 rings (SSSR count). The molecule has 1 aliphatic heterocycles. The van der Waals surface area contributed by atoms with Crippen molar-refractivity contribution in [1.29, 1.82) is 0 Å². The first-order valence-electron chi connectivity index (χ1n) is 10.5. The van der Waals surface area contributed by atoms with Crippen molar-refractivity contribution >= 4 is 50.9 Å². The van der Waals surface area contributed by atoms with Crippen LogP contribution in [0.5, 0.6) is 0 Å². The van der Waals surface area contributed by atoms with Gasteiger partial charge in [0.05, 0.1) is 5.41 Å². The van der Waals surface area contributed by atoms with Crippen LogP contribution >= 0.6 is 11.6 Å². The van der Waals surface area contributed by atoms with Crippen molar-refractivity contribution < 1.29 is 17.0 Å². The van der Waals surface area contributed by atoms with Crippen LogP contribution in [0.15, 0.2) is 66.7 Å². The molecular formula is C27H26Cl2N2. The fraction of sp³-hybridized carbons (Fsp3) is 0.222. The van der Waals surface area contributed by atoms with Gasteiger partial charge in [0.1, 0.15) is 7.05 Å². The third-order valence-corrected chi connectivity index (χ3v) is 6.78. The van der Waals surface area contributed by atoms with Gasteiger partial charge in [-0.15, -0.1) is 0 Å². The van der Waals surface area contributed by atoms with E-state index < -0.39 is 0 Å². The van der Waals surface area contributed by atoms with E-state index in [2.05, 4.69) is 104 Å². The highest BCUT2D eigenvalue weighted by molar-refractivity contribution is 6.30. The highest BCUT2D eigenvalue weighted by atomic mass is 35.5. The fourth-order valence-corrected chi connectivity index (χ4v) is 5.17. The second kappa shape index (κ2) is 7.85. The standard InChI is InChI=1S/C27H26ClN2.ClH/c1-5-30-23-9-7-6-8-20(23)21-16-18(10-13-24(21)30)11-15-26-27(2,3)22-17-19(28)12-14-25(22)29(26)4;/h6-17H,5H2,1-4H3;1H/q+1;/p-1. The fourth-order valence-electron chi connectivity index (χ4n) is 5.00. The van der Waals surface area contributed by atoms with Crippen molar-refractivity contribution in [2.75, 3.05) is 7.05 Å². The maximum absolute atomic E-state index is 6.29. The molecule has 0 unspecified atom stereocenters. The molecule has 4 aromatic rings. The minimum atomic E-state index is -0.0895. The predicted molar refractivity (Wildman–Crippen MR) is 129 cm³/mol. The lowest BCUT2D eigenvalue weighted by Crippen LogP contribution is -3.00. The zero-order valence-corrected chi connectivity index (χ0v) is 19.8. The lowest BCUT2D eigenvalue weighted by molar-refractivity contribution is -0.401. The third kappa shape index (κ3) is 3.30. The second-order valence-corrected chi connectivity index (χ2v) is 9.04. The summed E-state index contributed by atoms with van der Waals surface area (Å²) in [6.45, 7) is 7.71.